The Labute approximate surface area is 181 Å². The van der Waals surface area contributed by atoms with Crippen LogP contribution in [0.2, 0.25) is 0 Å². The molecule has 0 saturated carbocycles. The molecule has 2 heterocycles. The molecule has 0 radical (unpaired) electrons. The van der Waals surface area contributed by atoms with Gasteiger partial charge in [0.1, 0.15) is 22.9 Å². The lowest BCUT2D eigenvalue weighted by atomic mass is 9.76. The largest absolute Gasteiger partial charge is 0.493 e. The second-order valence-electron chi connectivity index (χ2n) is 8.46. The number of hydrogen-bond acceptors (Lipinski definition) is 4. The number of carbonyl (C=O) groups is 1. The first kappa shape index (κ1) is 21.5. The van der Waals surface area contributed by atoms with Gasteiger partial charge in [-0.1, -0.05) is 6.08 Å². The predicted octanol–water partition coefficient (Wildman–Crippen LogP) is 3.80. The van der Waals surface area contributed by atoms with Crippen LogP contribution in [0, 0.1) is 11.6 Å². The van der Waals surface area contributed by atoms with Crippen molar-refractivity contribution < 1.29 is 18.3 Å². The summed E-state index contributed by atoms with van der Waals surface area (Å²) in [6, 6.07) is 3.01. The number of allylic oxidation sites excluding steroid dienone is 2. The predicted molar refractivity (Wildman–Crippen MR) is 115 cm³/mol. The van der Waals surface area contributed by atoms with E-state index in [1.54, 1.807) is 0 Å². The third-order valence-electron chi connectivity index (χ3n) is 6.04. The van der Waals surface area contributed by atoms with Crippen molar-refractivity contribution in [2.45, 2.75) is 37.6 Å². The Morgan fingerprint density at radius 1 is 1.35 bits per heavy atom. The molecule has 0 aromatic heterocycles. The number of nitrogens with zero attached hydrogens (tertiary/aromatic N) is 3. The molecule has 166 valence electrons. The molecule has 4 rings (SSSR count). The standard InChI is InChI=1S/C23H28F2N4O2/c1-28(2)12-5-11-26-22(30)29-23(10-13-31-21-7-4-3-6-18(21)23)15-20(27-29)17-14-16(24)8-9-19(17)25/h4,7-9,14H,3,5-6,10-13,15H2,1-2H3,(H,26,30). The number of hydrogen-bond donors (Lipinski definition) is 1. The van der Waals surface area contributed by atoms with Gasteiger partial charge >= 0.3 is 6.03 Å². The van der Waals surface area contributed by atoms with Crippen molar-refractivity contribution in [2.24, 2.45) is 5.10 Å². The molecule has 0 fully saturated rings. The molecular formula is C23H28F2N4O2. The Kier molecular flexibility index (Phi) is 6.09. The molecule has 0 saturated heterocycles. The summed E-state index contributed by atoms with van der Waals surface area (Å²) in [7, 11) is 3.96. The van der Waals surface area contributed by atoms with E-state index < -0.39 is 17.2 Å². The van der Waals surface area contributed by atoms with Gasteiger partial charge in [0, 0.05) is 30.5 Å². The van der Waals surface area contributed by atoms with Crippen LogP contribution in [0.1, 0.15) is 37.7 Å². The van der Waals surface area contributed by atoms with Crippen LogP contribution in [-0.2, 0) is 4.74 Å². The maximum atomic E-state index is 14.5. The lowest BCUT2D eigenvalue weighted by Crippen LogP contribution is -2.53. The highest BCUT2D eigenvalue weighted by Crippen LogP contribution is 2.46. The lowest BCUT2D eigenvalue weighted by Gasteiger charge is -2.42. The highest BCUT2D eigenvalue weighted by molar-refractivity contribution is 6.04. The van der Waals surface area contributed by atoms with Crippen molar-refractivity contribution in [3.05, 3.63) is 58.9 Å². The van der Waals surface area contributed by atoms with E-state index >= 15 is 0 Å². The maximum absolute atomic E-state index is 14.5. The first-order chi connectivity index (χ1) is 14.9. The first-order valence-electron chi connectivity index (χ1n) is 10.7. The smallest absolute Gasteiger partial charge is 0.338 e. The number of halogens is 2. The Hall–Kier alpha value is -2.74. The summed E-state index contributed by atoms with van der Waals surface area (Å²) in [5.41, 5.74) is 0.754. The summed E-state index contributed by atoms with van der Waals surface area (Å²) in [5, 5.41) is 8.96. The topological polar surface area (TPSA) is 57.2 Å². The van der Waals surface area contributed by atoms with Gasteiger partial charge in [-0.05, 0) is 64.2 Å². The van der Waals surface area contributed by atoms with Gasteiger partial charge in [-0.3, -0.25) is 0 Å². The summed E-state index contributed by atoms with van der Waals surface area (Å²) in [4.78, 5) is 15.3. The highest BCUT2D eigenvalue weighted by atomic mass is 19.1. The lowest BCUT2D eigenvalue weighted by molar-refractivity contribution is 0.0856. The summed E-state index contributed by atoms with van der Waals surface area (Å²) in [5.74, 6) is -0.320. The molecule has 3 aliphatic rings. The minimum absolute atomic E-state index is 0.0993. The van der Waals surface area contributed by atoms with E-state index in [4.69, 9.17) is 4.74 Å². The van der Waals surface area contributed by atoms with Crippen LogP contribution in [0.25, 0.3) is 0 Å². The van der Waals surface area contributed by atoms with Crippen molar-refractivity contribution in [1.82, 2.24) is 15.2 Å². The monoisotopic (exact) mass is 430 g/mol. The van der Waals surface area contributed by atoms with E-state index in [1.165, 1.54) is 5.01 Å². The number of amides is 2. The summed E-state index contributed by atoms with van der Waals surface area (Å²) >= 11 is 0. The number of rotatable bonds is 5. The minimum atomic E-state index is -0.724. The number of carbonyl (C=O) groups excluding carboxylic acids is 1. The molecule has 6 nitrogen and oxygen atoms in total. The van der Waals surface area contributed by atoms with E-state index in [-0.39, 0.29) is 11.6 Å². The highest BCUT2D eigenvalue weighted by Gasteiger charge is 2.51. The van der Waals surface area contributed by atoms with Gasteiger partial charge < -0.3 is 15.0 Å². The quantitative estimate of drug-likeness (QED) is 0.723. The number of ether oxygens (including phenoxy) is 1. The van der Waals surface area contributed by atoms with Crippen LogP contribution in [0.5, 0.6) is 0 Å². The summed E-state index contributed by atoms with van der Waals surface area (Å²) in [6.07, 6.45) is 7.24. The zero-order chi connectivity index (χ0) is 22.0. The van der Waals surface area contributed by atoms with Crippen LogP contribution in [-0.4, -0.2) is 61.0 Å². The van der Waals surface area contributed by atoms with Crippen molar-refractivity contribution in [1.29, 1.82) is 0 Å². The molecule has 1 unspecified atom stereocenters. The van der Waals surface area contributed by atoms with Crippen LogP contribution in [0.15, 0.2) is 46.8 Å². The number of fused-ring (bicyclic) bond motifs is 1. The fourth-order valence-corrected chi connectivity index (χ4v) is 4.53. The van der Waals surface area contributed by atoms with Gasteiger partial charge in [-0.15, -0.1) is 0 Å². The number of urea groups is 1. The molecule has 8 heteroatoms. The van der Waals surface area contributed by atoms with Crippen molar-refractivity contribution in [3.8, 4) is 0 Å². The van der Waals surface area contributed by atoms with Crippen LogP contribution < -0.4 is 5.32 Å². The van der Waals surface area contributed by atoms with E-state index in [9.17, 15) is 13.6 Å². The van der Waals surface area contributed by atoms with Gasteiger partial charge in [0.25, 0.3) is 0 Å². The van der Waals surface area contributed by atoms with E-state index in [1.807, 2.05) is 26.2 Å². The third-order valence-corrected chi connectivity index (χ3v) is 6.04. The molecule has 1 N–H and O–H groups in total. The average molecular weight is 430 g/mol. The van der Waals surface area contributed by atoms with Gasteiger partial charge in [-0.25, -0.2) is 18.6 Å². The molecule has 1 aromatic rings. The number of hydrazone groups is 1. The maximum Gasteiger partial charge on any atom is 0.338 e. The molecule has 0 bridgehead atoms. The van der Waals surface area contributed by atoms with Gasteiger partial charge in [0.15, 0.2) is 0 Å². The van der Waals surface area contributed by atoms with Crippen molar-refractivity contribution in [3.63, 3.8) is 0 Å². The van der Waals surface area contributed by atoms with Crippen LogP contribution in [0.3, 0.4) is 0 Å². The van der Waals surface area contributed by atoms with Crippen LogP contribution in [0.4, 0.5) is 13.6 Å². The zero-order valence-electron chi connectivity index (χ0n) is 18.0. The van der Waals surface area contributed by atoms with E-state index in [0.717, 1.165) is 55.3 Å². The van der Waals surface area contributed by atoms with Crippen LogP contribution >= 0.6 is 0 Å². The third kappa shape index (κ3) is 4.21. The fourth-order valence-electron chi connectivity index (χ4n) is 4.53. The SMILES string of the molecule is CN(C)CCCNC(=O)N1N=C(c2cc(F)ccc2F)CC12CCOC1=C2CCC=C1. The Bertz CT molecular complexity index is 957. The Morgan fingerprint density at radius 2 is 2.19 bits per heavy atom. The fraction of sp³-hybridized carbons (Fsp3) is 0.478. The molecule has 1 aromatic carbocycles. The Balaban J connectivity index is 1.68. The molecule has 1 aliphatic carbocycles. The van der Waals surface area contributed by atoms with Gasteiger partial charge in [0.2, 0.25) is 0 Å². The zero-order valence-corrected chi connectivity index (χ0v) is 18.0. The molecule has 31 heavy (non-hydrogen) atoms. The minimum Gasteiger partial charge on any atom is -0.493 e. The summed E-state index contributed by atoms with van der Waals surface area (Å²) in [6.45, 7) is 1.79. The summed E-state index contributed by atoms with van der Waals surface area (Å²) < 4.78 is 34.3. The average Bonchev–Trinajstić information content (AvgIpc) is 3.13. The number of nitrogens with one attached hydrogen (secondary N) is 1. The van der Waals surface area contributed by atoms with Crippen molar-refractivity contribution in [2.75, 3.05) is 33.8 Å². The van der Waals surface area contributed by atoms with Gasteiger partial charge in [0.05, 0.1) is 12.3 Å². The molecular weight excluding hydrogens is 402 g/mol. The molecule has 1 atom stereocenters. The molecule has 2 aliphatic heterocycles. The normalized spacial score (nSPS) is 22.6. The number of benzene rings is 1. The van der Waals surface area contributed by atoms with Crippen molar-refractivity contribution >= 4 is 11.7 Å². The second kappa shape index (κ2) is 8.78. The second-order valence-corrected chi connectivity index (χ2v) is 8.46. The molecule has 2 amide bonds. The van der Waals surface area contributed by atoms with E-state index in [2.05, 4.69) is 15.3 Å². The van der Waals surface area contributed by atoms with Gasteiger partial charge in [-0.2, -0.15) is 5.10 Å². The molecule has 1 spiro atoms. The van der Waals surface area contributed by atoms with E-state index in [0.29, 0.717) is 31.7 Å². The first-order valence-corrected chi connectivity index (χ1v) is 10.7. The Morgan fingerprint density at radius 3 is 3.00 bits per heavy atom.